The molecular formula is C15H27N3O3S. The second-order valence-corrected chi connectivity index (χ2v) is 7.95. The van der Waals surface area contributed by atoms with Crippen LogP contribution in [0, 0.1) is 11.8 Å². The monoisotopic (exact) mass is 329 g/mol. The fourth-order valence-corrected chi connectivity index (χ4v) is 4.24. The molecule has 2 aliphatic rings. The van der Waals surface area contributed by atoms with E-state index < -0.39 is 12.0 Å². The molecule has 0 aromatic rings. The Morgan fingerprint density at radius 2 is 1.82 bits per heavy atom. The fraction of sp³-hybridized carbons (Fsp3) is 0.867. The Bertz CT molecular complexity index is 424. The zero-order valence-corrected chi connectivity index (χ0v) is 14.7. The van der Waals surface area contributed by atoms with Gasteiger partial charge in [-0.05, 0) is 25.8 Å². The van der Waals surface area contributed by atoms with Gasteiger partial charge in [-0.25, -0.2) is 9.10 Å². The minimum absolute atomic E-state index is 0.0192. The SMILES string of the molecule is CC(C)C(C(=O)O)N(C)C(=O)C1CCN(SC2CN2C)CC1. The van der Waals surface area contributed by atoms with Gasteiger partial charge < -0.3 is 10.0 Å². The molecule has 1 amide bonds. The lowest BCUT2D eigenvalue weighted by Crippen LogP contribution is -2.49. The highest BCUT2D eigenvalue weighted by molar-refractivity contribution is 7.97. The van der Waals surface area contributed by atoms with Gasteiger partial charge in [-0.15, -0.1) is 0 Å². The highest BCUT2D eigenvalue weighted by Crippen LogP contribution is 2.33. The number of carbonyl (C=O) groups is 2. The van der Waals surface area contributed by atoms with Gasteiger partial charge in [0.1, 0.15) is 6.04 Å². The first-order valence-electron chi connectivity index (χ1n) is 7.92. The van der Waals surface area contributed by atoms with Gasteiger partial charge in [0.2, 0.25) is 5.91 Å². The summed E-state index contributed by atoms with van der Waals surface area (Å²) < 4.78 is 2.34. The molecule has 2 heterocycles. The Kier molecular flexibility index (Phi) is 5.74. The van der Waals surface area contributed by atoms with Crippen molar-refractivity contribution in [2.45, 2.75) is 38.1 Å². The Balaban J connectivity index is 1.84. The number of rotatable bonds is 6. The summed E-state index contributed by atoms with van der Waals surface area (Å²) in [7, 11) is 3.74. The molecule has 126 valence electrons. The zero-order chi connectivity index (χ0) is 16.4. The van der Waals surface area contributed by atoms with Crippen LogP contribution >= 0.6 is 11.9 Å². The van der Waals surface area contributed by atoms with Gasteiger partial charge in [-0.2, -0.15) is 0 Å². The normalized spacial score (nSPS) is 27.7. The quantitative estimate of drug-likeness (QED) is 0.583. The maximum absolute atomic E-state index is 12.6. The van der Waals surface area contributed by atoms with Crippen molar-refractivity contribution in [1.29, 1.82) is 0 Å². The molecule has 7 heteroatoms. The predicted molar refractivity (Wildman–Crippen MR) is 87.3 cm³/mol. The molecule has 3 unspecified atom stereocenters. The molecule has 0 aliphatic carbocycles. The van der Waals surface area contributed by atoms with Gasteiger partial charge in [0.15, 0.2) is 0 Å². The first-order chi connectivity index (χ1) is 10.3. The van der Waals surface area contributed by atoms with E-state index >= 15 is 0 Å². The number of nitrogens with zero attached hydrogens (tertiary/aromatic N) is 3. The number of hydrogen-bond donors (Lipinski definition) is 1. The van der Waals surface area contributed by atoms with Crippen LogP contribution in [0.1, 0.15) is 26.7 Å². The number of aliphatic carboxylic acids is 1. The number of carbonyl (C=O) groups excluding carboxylic acids is 1. The molecule has 0 saturated carbocycles. The number of likely N-dealkylation sites (N-methyl/N-ethyl adjacent to an activating group) is 2. The van der Waals surface area contributed by atoms with Crippen LogP contribution in [0.5, 0.6) is 0 Å². The standard InChI is InChI=1S/C15H27N3O3S/c1-10(2)13(15(20)21)17(4)14(19)11-5-7-18(8-6-11)22-12-9-16(12)3/h10-13H,5-9H2,1-4H3,(H,20,21). The van der Waals surface area contributed by atoms with Crippen LogP contribution in [-0.2, 0) is 9.59 Å². The fourth-order valence-electron chi connectivity index (χ4n) is 3.02. The van der Waals surface area contributed by atoms with E-state index in [4.69, 9.17) is 0 Å². The van der Waals surface area contributed by atoms with E-state index in [9.17, 15) is 14.7 Å². The van der Waals surface area contributed by atoms with Crippen molar-refractivity contribution in [2.24, 2.45) is 11.8 Å². The third-order valence-corrected chi connectivity index (χ3v) is 5.94. The van der Waals surface area contributed by atoms with Crippen molar-refractivity contribution in [1.82, 2.24) is 14.1 Å². The summed E-state index contributed by atoms with van der Waals surface area (Å²) >= 11 is 1.87. The summed E-state index contributed by atoms with van der Waals surface area (Å²) in [4.78, 5) is 27.7. The lowest BCUT2D eigenvalue weighted by molar-refractivity contribution is -0.153. The summed E-state index contributed by atoms with van der Waals surface area (Å²) in [5.74, 6) is -1.07. The van der Waals surface area contributed by atoms with Gasteiger partial charge in [0, 0.05) is 32.6 Å². The molecule has 0 radical (unpaired) electrons. The van der Waals surface area contributed by atoms with Crippen molar-refractivity contribution in [3.05, 3.63) is 0 Å². The molecule has 2 saturated heterocycles. The van der Waals surface area contributed by atoms with E-state index in [0.29, 0.717) is 5.37 Å². The molecule has 0 aromatic heterocycles. The average molecular weight is 329 g/mol. The number of piperidine rings is 1. The van der Waals surface area contributed by atoms with E-state index in [-0.39, 0.29) is 17.7 Å². The highest BCUT2D eigenvalue weighted by Gasteiger charge is 2.37. The van der Waals surface area contributed by atoms with Crippen LogP contribution in [0.2, 0.25) is 0 Å². The third-order valence-electron chi connectivity index (χ3n) is 4.53. The topological polar surface area (TPSA) is 63.9 Å². The van der Waals surface area contributed by atoms with Crippen molar-refractivity contribution < 1.29 is 14.7 Å². The van der Waals surface area contributed by atoms with Crippen LogP contribution in [0.15, 0.2) is 0 Å². The summed E-state index contributed by atoms with van der Waals surface area (Å²) in [6.07, 6.45) is 1.63. The van der Waals surface area contributed by atoms with Gasteiger partial charge in [0.05, 0.1) is 5.37 Å². The van der Waals surface area contributed by atoms with E-state index in [1.54, 1.807) is 7.05 Å². The first-order valence-corrected chi connectivity index (χ1v) is 8.76. The summed E-state index contributed by atoms with van der Waals surface area (Å²) in [6, 6.07) is -0.736. The van der Waals surface area contributed by atoms with Crippen LogP contribution in [0.25, 0.3) is 0 Å². The number of carboxylic acids is 1. The minimum atomic E-state index is -0.921. The Morgan fingerprint density at radius 1 is 1.27 bits per heavy atom. The molecule has 2 rings (SSSR count). The molecule has 0 aromatic carbocycles. The molecule has 0 spiro atoms. The van der Waals surface area contributed by atoms with Gasteiger partial charge >= 0.3 is 5.97 Å². The van der Waals surface area contributed by atoms with Crippen LogP contribution in [0.4, 0.5) is 0 Å². The van der Waals surface area contributed by atoms with Gasteiger partial charge in [-0.3, -0.25) is 9.69 Å². The van der Waals surface area contributed by atoms with E-state index in [1.807, 2.05) is 25.8 Å². The maximum atomic E-state index is 12.6. The first kappa shape index (κ1) is 17.6. The molecule has 1 N–H and O–H groups in total. The highest BCUT2D eigenvalue weighted by atomic mass is 32.2. The second-order valence-electron chi connectivity index (χ2n) is 6.68. The van der Waals surface area contributed by atoms with Crippen LogP contribution in [-0.4, -0.2) is 76.2 Å². The third kappa shape index (κ3) is 4.14. The van der Waals surface area contributed by atoms with E-state index in [2.05, 4.69) is 16.3 Å². The minimum Gasteiger partial charge on any atom is -0.480 e. The Hall–Kier alpha value is -0.790. The molecule has 3 atom stereocenters. The number of hydrogen-bond acceptors (Lipinski definition) is 5. The Morgan fingerprint density at radius 3 is 2.23 bits per heavy atom. The lowest BCUT2D eigenvalue weighted by atomic mass is 9.94. The number of amides is 1. The smallest absolute Gasteiger partial charge is 0.326 e. The molecule has 2 aliphatic heterocycles. The molecule has 22 heavy (non-hydrogen) atoms. The summed E-state index contributed by atoms with van der Waals surface area (Å²) in [5, 5.41) is 9.93. The molecule has 2 fully saturated rings. The molecule has 0 bridgehead atoms. The van der Waals surface area contributed by atoms with Crippen molar-refractivity contribution in [2.75, 3.05) is 33.7 Å². The maximum Gasteiger partial charge on any atom is 0.326 e. The van der Waals surface area contributed by atoms with E-state index in [0.717, 1.165) is 32.5 Å². The molecular weight excluding hydrogens is 302 g/mol. The van der Waals surface area contributed by atoms with E-state index in [1.165, 1.54) is 4.90 Å². The molecule has 6 nitrogen and oxygen atoms in total. The van der Waals surface area contributed by atoms with Crippen LogP contribution < -0.4 is 0 Å². The average Bonchev–Trinajstić information content (AvgIpc) is 3.13. The predicted octanol–water partition coefficient (Wildman–Crippen LogP) is 1.19. The van der Waals surface area contributed by atoms with Crippen molar-refractivity contribution >= 4 is 23.8 Å². The summed E-state index contributed by atoms with van der Waals surface area (Å²) in [5.41, 5.74) is 0. The zero-order valence-electron chi connectivity index (χ0n) is 13.9. The largest absolute Gasteiger partial charge is 0.480 e. The van der Waals surface area contributed by atoms with Crippen LogP contribution in [0.3, 0.4) is 0 Å². The van der Waals surface area contributed by atoms with Crippen molar-refractivity contribution in [3.8, 4) is 0 Å². The Labute approximate surface area is 136 Å². The summed E-state index contributed by atoms with van der Waals surface area (Å²) in [6.45, 7) is 6.63. The van der Waals surface area contributed by atoms with Crippen molar-refractivity contribution in [3.63, 3.8) is 0 Å². The van der Waals surface area contributed by atoms with Gasteiger partial charge in [0.25, 0.3) is 0 Å². The number of carboxylic acid groups (broad SMARTS) is 1. The lowest BCUT2D eigenvalue weighted by Gasteiger charge is -2.35. The van der Waals surface area contributed by atoms with Gasteiger partial charge in [-0.1, -0.05) is 25.8 Å². The second kappa shape index (κ2) is 7.19.